The number of rotatable bonds is 7. The average Bonchev–Trinajstić information content (AvgIpc) is 3.06. The summed E-state index contributed by atoms with van der Waals surface area (Å²) in [6, 6.07) is 5.06. The SMILES string of the molecule is CCOc1cc(NC(=O)c2cnn3c(C(F)F)cc(C)nc23)ccc1OC(F)F. The molecule has 3 aromatic rings. The molecule has 29 heavy (non-hydrogen) atoms. The van der Waals surface area contributed by atoms with Crippen molar-refractivity contribution < 1.29 is 31.8 Å². The topological polar surface area (TPSA) is 77.8 Å². The van der Waals surface area contributed by atoms with Crippen LogP contribution in [0, 0.1) is 6.92 Å². The van der Waals surface area contributed by atoms with E-state index >= 15 is 0 Å². The molecular weight excluding hydrogens is 396 g/mol. The maximum Gasteiger partial charge on any atom is 0.387 e. The van der Waals surface area contributed by atoms with E-state index in [0.717, 1.165) is 10.7 Å². The summed E-state index contributed by atoms with van der Waals surface area (Å²) < 4.78 is 61.9. The van der Waals surface area contributed by atoms with Gasteiger partial charge >= 0.3 is 6.61 Å². The molecule has 0 aliphatic heterocycles. The molecule has 1 N–H and O–H groups in total. The second-order valence-electron chi connectivity index (χ2n) is 5.84. The minimum absolute atomic E-state index is 0.0134. The molecule has 0 spiro atoms. The molecule has 0 fully saturated rings. The van der Waals surface area contributed by atoms with Crippen molar-refractivity contribution in [2.24, 2.45) is 0 Å². The molecule has 1 amide bonds. The van der Waals surface area contributed by atoms with Gasteiger partial charge in [0.05, 0.1) is 12.8 Å². The van der Waals surface area contributed by atoms with Gasteiger partial charge in [-0.3, -0.25) is 4.79 Å². The third-order valence-electron chi connectivity index (χ3n) is 3.81. The number of aryl methyl sites for hydroxylation is 1. The largest absolute Gasteiger partial charge is 0.490 e. The molecule has 3 rings (SSSR count). The first-order valence-electron chi connectivity index (χ1n) is 8.46. The molecule has 0 unspecified atom stereocenters. The molecular formula is C18H16F4N4O3. The number of nitrogens with one attached hydrogen (secondary N) is 1. The third-order valence-corrected chi connectivity index (χ3v) is 3.81. The first kappa shape index (κ1) is 20.4. The highest BCUT2D eigenvalue weighted by atomic mass is 19.3. The molecule has 0 radical (unpaired) electrons. The molecule has 1 aromatic carbocycles. The van der Waals surface area contributed by atoms with Crippen molar-refractivity contribution in [3.63, 3.8) is 0 Å². The fourth-order valence-electron chi connectivity index (χ4n) is 2.67. The second kappa shape index (κ2) is 8.33. The van der Waals surface area contributed by atoms with Crippen LogP contribution in [0.1, 0.15) is 35.1 Å². The Morgan fingerprint density at radius 3 is 2.62 bits per heavy atom. The predicted molar refractivity (Wildman–Crippen MR) is 94.9 cm³/mol. The standard InChI is InChI=1S/C18H16F4N4O3/c1-3-28-14-7-10(4-5-13(14)29-18(21)22)25-17(27)11-8-23-26-12(15(19)20)6-9(2)24-16(11)26/h4-8,15,18H,3H2,1-2H3,(H,25,27). The van der Waals surface area contributed by atoms with Crippen LogP contribution in [0.5, 0.6) is 11.5 Å². The monoisotopic (exact) mass is 412 g/mol. The zero-order chi connectivity index (χ0) is 21.1. The van der Waals surface area contributed by atoms with E-state index < -0.39 is 24.6 Å². The molecule has 2 aromatic heterocycles. The highest BCUT2D eigenvalue weighted by Gasteiger charge is 2.21. The van der Waals surface area contributed by atoms with Crippen LogP contribution in [0.4, 0.5) is 23.2 Å². The van der Waals surface area contributed by atoms with Crippen LogP contribution in [-0.2, 0) is 0 Å². The third kappa shape index (κ3) is 4.39. The Morgan fingerprint density at radius 2 is 1.97 bits per heavy atom. The number of nitrogens with zero attached hydrogens (tertiary/aromatic N) is 3. The number of hydrogen-bond donors (Lipinski definition) is 1. The number of amides is 1. The molecule has 0 bridgehead atoms. The van der Waals surface area contributed by atoms with E-state index in [1.807, 2.05) is 0 Å². The summed E-state index contributed by atoms with van der Waals surface area (Å²) in [5.74, 6) is -0.836. The van der Waals surface area contributed by atoms with Crippen molar-refractivity contribution in [1.82, 2.24) is 14.6 Å². The van der Waals surface area contributed by atoms with E-state index in [0.29, 0.717) is 5.69 Å². The van der Waals surface area contributed by atoms with Crippen LogP contribution < -0.4 is 14.8 Å². The summed E-state index contributed by atoms with van der Waals surface area (Å²) in [6.07, 6.45) is -1.67. The van der Waals surface area contributed by atoms with Crippen LogP contribution >= 0.6 is 0 Å². The van der Waals surface area contributed by atoms with E-state index in [9.17, 15) is 22.4 Å². The number of carbonyl (C=O) groups excluding carboxylic acids is 1. The summed E-state index contributed by atoms with van der Waals surface area (Å²) in [6.45, 7) is 0.332. The summed E-state index contributed by atoms with van der Waals surface area (Å²) in [7, 11) is 0. The molecule has 0 saturated carbocycles. The Bertz CT molecular complexity index is 1040. The lowest BCUT2D eigenvalue weighted by molar-refractivity contribution is -0.0514. The van der Waals surface area contributed by atoms with Crippen LogP contribution in [0.2, 0.25) is 0 Å². The van der Waals surface area contributed by atoms with Gasteiger partial charge < -0.3 is 14.8 Å². The number of hydrogen-bond acceptors (Lipinski definition) is 5. The molecule has 7 nitrogen and oxygen atoms in total. The van der Waals surface area contributed by atoms with E-state index in [-0.39, 0.29) is 35.0 Å². The van der Waals surface area contributed by atoms with Crippen molar-refractivity contribution in [2.45, 2.75) is 26.9 Å². The van der Waals surface area contributed by atoms with E-state index in [2.05, 4.69) is 20.1 Å². The quantitative estimate of drug-likeness (QED) is 0.588. The summed E-state index contributed by atoms with van der Waals surface area (Å²) in [5, 5.41) is 6.36. The Balaban J connectivity index is 1.91. The lowest BCUT2D eigenvalue weighted by Gasteiger charge is -2.13. The zero-order valence-corrected chi connectivity index (χ0v) is 15.3. The molecule has 0 aliphatic rings. The van der Waals surface area contributed by atoms with Crippen LogP contribution in [-0.4, -0.2) is 33.7 Å². The van der Waals surface area contributed by atoms with Gasteiger partial charge in [-0.2, -0.15) is 13.9 Å². The minimum atomic E-state index is -3.04. The van der Waals surface area contributed by atoms with Crippen molar-refractivity contribution in [1.29, 1.82) is 0 Å². The number of benzene rings is 1. The van der Waals surface area contributed by atoms with Crippen molar-refractivity contribution in [2.75, 3.05) is 11.9 Å². The normalized spacial score (nSPS) is 11.3. The van der Waals surface area contributed by atoms with Crippen molar-refractivity contribution in [3.8, 4) is 11.5 Å². The lowest BCUT2D eigenvalue weighted by Crippen LogP contribution is -2.13. The number of alkyl halides is 4. The maximum atomic E-state index is 13.2. The molecule has 0 aliphatic carbocycles. The average molecular weight is 412 g/mol. The highest BCUT2D eigenvalue weighted by molar-refractivity contribution is 6.08. The number of ether oxygens (including phenoxy) is 2. The molecule has 154 valence electrons. The van der Waals surface area contributed by atoms with Crippen molar-refractivity contribution >= 4 is 17.2 Å². The van der Waals surface area contributed by atoms with Gasteiger partial charge in [-0.05, 0) is 32.0 Å². The second-order valence-corrected chi connectivity index (χ2v) is 5.84. The number of anilines is 1. The molecule has 0 saturated heterocycles. The van der Waals surface area contributed by atoms with E-state index in [1.54, 1.807) is 6.92 Å². The van der Waals surface area contributed by atoms with Crippen LogP contribution in [0.3, 0.4) is 0 Å². The summed E-state index contributed by atoms with van der Waals surface area (Å²) in [5.41, 5.74) is 0.0799. The number of aromatic nitrogens is 3. The first-order valence-corrected chi connectivity index (χ1v) is 8.46. The molecule has 2 heterocycles. The molecule has 0 atom stereocenters. The predicted octanol–water partition coefficient (Wildman–Crippen LogP) is 4.23. The number of carbonyl (C=O) groups is 1. The van der Waals surface area contributed by atoms with Gasteiger partial charge in [-0.1, -0.05) is 0 Å². The van der Waals surface area contributed by atoms with Gasteiger partial charge in [0, 0.05) is 17.4 Å². The fourth-order valence-corrected chi connectivity index (χ4v) is 2.67. The Hall–Kier alpha value is -3.37. The van der Waals surface area contributed by atoms with Gasteiger partial charge in [0.15, 0.2) is 17.1 Å². The molecule has 11 heteroatoms. The van der Waals surface area contributed by atoms with Crippen LogP contribution in [0.15, 0.2) is 30.5 Å². The maximum absolute atomic E-state index is 13.2. The minimum Gasteiger partial charge on any atom is -0.490 e. The van der Waals surface area contributed by atoms with Crippen molar-refractivity contribution in [3.05, 3.63) is 47.4 Å². The Morgan fingerprint density at radius 1 is 1.21 bits per heavy atom. The number of fused-ring (bicyclic) bond motifs is 1. The fraction of sp³-hybridized carbons (Fsp3) is 0.278. The number of halogens is 4. The zero-order valence-electron chi connectivity index (χ0n) is 15.3. The van der Waals surface area contributed by atoms with Crippen LogP contribution in [0.25, 0.3) is 5.65 Å². The first-order chi connectivity index (χ1) is 13.8. The van der Waals surface area contributed by atoms with Gasteiger partial charge in [-0.15, -0.1) is 0 Å². The Labute approximate surface area is 162 Å². The van der Waals surface area contributed by atoms with Gasteiger partial charge in [0.25, 0.3) is 12.3 Å². The van der Waals surface area contributed by atoms with E-state index in [4.69, 9.17) is 4.74 Å². The van der Waals surface area contributed by atoms with E-state index in [1.165, 1.54) is 31.2 Å². The van der Waals surface area contributed by atoms with Gasteiger partial charge in [-0.25, -0.2) is 18.3 Å². The summed E-state index contributed by atoms with van der Waals surface area (Å²) >= 11 is 0. The highest BCUT2D eigenvalue weighted by Crippen LogP contribution is 2.32. The summed E-state index contributed by atoms with van der Waals surface area (Å²) in [4.78, 5) is 16.7. The lowest BCUT2D eigenvalue weighted by atomic mass is 10.2. The smallest absolute Gasteiger partial charge is 0.387 e. The van der Waals surface area contributed by atoms with Gasteiger partial charge in [0.1, 0.15) is 11.3 Å². The van der Waals surface area contributed by atoms with Gasteiger partial charge in [0.2, 0.25) is 0 Å². The Kier molecular flexibility index (Phi) is 5.85.